The lowest BCUT2D eigenvalue weighted by Crippen LogP contribution is -2.30. The number of hydrogen-bond acceptors (Lipinski definition) is 4. The molecule has 0 spiro atoms. The lowest BCUT2D eigenvalue weighted by molar-refractivity contribution is 0.0980. The summed E-state index contributed by atoms with van der Waals surface area (Å²) in [5.41, 5.74) is 5.06. The molecule has 4 aromatic rings. The third-order valence-corrected chi connectivity index (χ3v) is 6.28. The average molecular weight is 446 g/mol. The SMILES string of the molecule is CS(=O)(=O)NC(=O)c1cc(C2CC2)cnc1Cc1ccc2c(ccn2-c2ccccc2)c1. The number of nitrogens with zero attached hydrogens (tertiary/aromatic N) is 2. The Morgan fingerprint density at radius 2 is 1.88 bits per heavy atom. The summed E-state index contributed by atoms with van der Waals surface area (Å²) >= 11 is 0. The molecule has 32 heavy (non-hydrogen) atoms. The predicted molar refractivity (Wildman–Crippen MR) is 125 cm³/mol. The van der Waals surface area contributed by atoms with Gasteiger partial charge in [0.05, 0.1) is 23.0 Å². The minimum Gasteiger partial charge on any atom is -0.317 e. The summed E-state index contributed by atoms with van der Waals surface area (Å²) in [6, 6.07) is 20.2. The minimum atomic E-state index is -3.66. The van der Waals surface area contributed by atoms with Gasteiger partial charge in [-0.25, -0.2) is 13.1 Å². The summed E-state index contributed by atoms with van der Waals surface area (Å²) in [4.78, 5) is 17.3. The molecule has 162 valence electrons. The maximum Gasteiger partial charge on any atom is 0.266 e. The molecule has 1 N–H and O–H groups in total. The van der Waals surface area contributed by atoms with Gasteiger partial charge >= 0.3 is 0 Å². The third kappa shape index (κ3) is 4.29. The van der Waals surface area contributed by atoms with Crippen molar-refractivity contribution in [3.63, 3.8) is 0 Å². The van der Waals surface area contributed by atoms with Crippen molar-refractivity contribution >= 4 is 26.8 Å². The highest BCUT2D eigenvalue weighted by molar-refractivity contribution is 7.89. The summed E-state index contributed by atoms with van der Waals surface area (Å²) in [5, 5.41) is 1.09. The van der Waals surface area contributed by atoms with E-state index < -0.39 is 15.9 Å². The summed E-state index contributed by atoms with van der Waals surface area (Å²) in [5.74, 6) is -0.218. The number of carbonyl (C=O) groups excluding carboxylic acids is 1. The molecule has 0 radical (unpaired) electrons. The van der Waals surface area contributed by atoms with E-state index in [1.165, 1.54) is 0 Å². The maximum atomic E-state index is 12.7. The zero-order chi connectivity index (χ0) is 22.3. The number of sulfonamides is 1. The molecular weight excluding hydrogens is 422 g/mol. The molecule has 2 aromatic heterocycles. The highest BCUT2D eigenvalue weighted by Crippen LogP contribution is 2.40. The fourth-order valence-electron chi connectivity index (χ4n) is 4.02. The molecule has 0 aliphatic heterocycles. The van der Waals surface area contributed by atoms with E-state index in [2.05, 4.69) is 44.6 Å². The van der Waals surface area contributed by atoms with Crippen LogP contribution in [0.15, 0.2) is 73.1 Å². The molecule has 1 saturated carbocycles. The number of rotatable bonds is 6. The standard InChI is InChI=1S/C25H23N3O3S/c1-32(30,31)27-25(29)22-15-20(18-8-9-18)16-26-23(22)14-17-7-10-24-19(13-17)11-12-28(24)21-5-3-2-4-6-21/h2-7,10-13,15-16,18H,8-9,14H2,1H3,(H,27,29). The molecule has 0 saturated heterocycles. The number of nitrogens with one attached hydrogen (secondary N) is 1. The van der Waals surface area contributed by atoms with Gasteiger partial charge in [-0.1, -0.05) is 24.3 Å². The van der Waals surface area contributed by atoms with E-state index in [9.17, 15) is 13.2 Å². The van der Waals surface area contributed by atoms with Gasteiger partial charge in [0.1, 0.15) is 0 Å². The van der Waals surface area contributed by atoms with E-state index in [1.54, 1.807) is 6.07 Å². The Hall–Kier alpha value is -3.45. The van der Waals surface area contributed by atoms with Crippen LogP contribution in [-0.4, -0.2) is 30.1 Å². The molecule has 0 atom stereocenters. The van der Waals surface area contributed by atoms with Crippen LogP contribution in [0.3, 0.4) is 0 Å². The van der Waals surface area contributed by atoms with Gasteiger partial charge < -0.3 is 4.57 Å². The second kappa shape index (κ2) is 7.91. The quantitative estimate of drug-likeness (QED) is 0.483. The van der Waals surface area contributed by atoms with E-state index in [0.717, 1.165) is 46.8 Å². The lowest BCUT2D eigenvalue weighted by atomic mass is 10.0. The first-order chi connectivity index (χ1) is 15.4. The summed E-state index contributed by atoms with van der Waals surface area (Å²) in [6.45, 7) is 0. The van der Waals surface area contributed by atoms with Crippen molar-refractivity contribution in [1.29, 1.82) is 0 Å². The first kappa shape index (κ1) is 20.5. The number of carbonyl (C=O) groups is 1. The molecule has 1 fully saturated rings. The van der Waals surface area contributed by atoms with Crippen LogP contribution in [0.1, 0.15) is 45.9 Å². The highest BCUT2D eigenvalue weighted by Gasteiger charge is 2.26. The fraction of sp³-hybridized carbons (Fsp3) is 0.200. The van der Waals surface area contributed by atoms with E-state index >= 15 is 0 Å². The van der Waals surface area contributed by atoms with Gasteiger partial charge in [0, 0.05) is 29.9 Å². The Morgan fingerprint density at radius 1 is 1.09 bits per heavy atom. The van der Waals surface area contributed by atoms with Crippen LogP contribution >= 0.6 is 0 Å². The number of benzene rings is 2. The molecule has 7 heteroatoms. The predicted octanol–water partition coefficient (Wildman–Crippen LogP) is 4.18. The van der Waals surface area contributed by atoms with Crippen molar-refractivity contribution in [3.8, 4) is 5.69 Å². The Bertz CT molecular complexity index is 1420. The molecular formula is C25H23N3O3S. The zero-order valence-corrected chi connectivity index (χ0v) is 18.5. The van der Waals surface area contributed by atoms with E-state index in [4.69, 9.17) is 0 Å². The Morgan fingerprint density at radius 3 is 2.59 bits per heavy atom. The normalized spacial score (nSPS) is 13.9. The molecule has 0 bridgehead atoms. The smallest absolute Gasteiger partial charge is 0.266 e. The van der Waals surface area contributed by atoms with Gasteiger partial charge in [0.2, 0.25) is 10.0 Å². The van der Waals surface area contributed by atoms with Crippen molar-refractivity contribution in [2.75, 3.05) is 6.26 Å². The zero-order valence-electron chi connectivity index (χ0n) is 17.7. The summed E-state index contributed by atoms with van der Waals surface area (Å²) in [6.07, 6.45) is 7.41. The van der Waals surface area contributed by atoms with Crippen molar-refractivity contribution in [2.45, 2.75) is 25.2 Å². The summed E-state index contributed by atoms with van der Waals surface area (Å²) < 4.78 is 27.5. The maximum absolute atomic E-state index is 12.7. The molecule has 1 amide bonds. The van der Waals surface area contributed by atoms with Crippen LogP contribution in [0.5, 0.6) is 0 Å². The van der Waals surface area contributed by atoms with Crippen LogP contribution < -0.4 is 4.72 Å². The molecule has 0 unspecified atom stereocenters. The Balaban J connectivity index is 1.48. The minimum absolute atomic E-state index is 0.321. The van der Waals surface area contributed by atoms with Crippen molar-refractivity contribution in [1.82, 2.24) is 14.3 Å². The second-order valence-corrected chi connectivity index (χ2v) is 10.1. The fourth-order valence-corrected chi connectivity index (χ4v) is 4.47. The molecule has 1 aliphatic rings. The van der Waals surface area contributed by atoms with Crippen LogP contribution in [-0.2, 0) is 16.4 Å². The molecule has 2 aromatic carbocycles. The van der Waals surface area contributed by atoms with Crippen LogP contribution in [0, 0.1) is 0 Å². The largest absolute Gasteiger partial charge is 0.317 e. The van der Waals surface area contributed by atoms with E-state index in [-0.39, 0.29) is 0 Å². The topological polar surface area (TPSA) is 81.1 Å². The highest BCUT2D eigenvalue weighted by atomic mass is 32.2. The van der Waals surface area contributed by atoms with Crippen molar-refractivity contribution < 1.29 is 13.2 Å². The Labute approximate surface area is 187 Å². The average Bonchev–Trinajstić information content (AvgIpc) is 3.53. The molecule has 6 nitrogen and oxygen atoms in total. The number of aromatic nitrogens is 2. The lowest BCUT2D eigenvalue weighted by Gasteiger charge is -2.11. The monoisotopic (exact) mass is 445 g/mol. The van der Waals surface area contributed by atoms with Gasteiger partial charge in [-0.05, 0) is 66.3 Å². The summed E-state index contributed by atoms with van der Waals surface area (Å²) in [7, 11) is -3.66. The molecule has 2 heterocycles. The third-order valence-electron chi connectivity index (χ3n) is 5.72. The van der Waals surface area contributed by atoms with E-state index in [0.29, 0.717) is 23.6 Å². The van der Waals surface area contributed by atoms with E-state index in [1.807, 2.05) is 36.7 Å². The van der Waals surface area contributed by atoms with Crippen LogP contribution in [0.4, 0.5) is 0 Å². The molecule has 5 rings (SSSR count). The number of para-hydroxylation sites is 1. The number of pyridine rings is 1. The first-order valence-corrected chi connectivity index (χ1v) is 12.4. The second-order valence-electron chi connectivity index (χ2n) is 8.33. The van der Waals surface area contributed by atoms with Crippen molar-refractivity contribution in [2.24, 2.45) is 0 Å². The number of fused-ring (bicyclic) bond motifs is 1. The van der Waals surface area contributed by atoms with Crippen LogP contribution in [0.25, 0.3) is 16.6 Å². The van der Waals surface area contributed by atoms with Gasteiger partial charge in [0.25, 0.3) is 5.91 Å². The van der Waals surface area contributed by atoms with Crippen LogP contribution in [0.2, 0.25) is 0 Å². The first-order valence-electron chi connectivity index (χ1n) is 10.5. The molecule has 1 aliphatic carbocycles. The number of amides is 1. The van der Waals surface area contributed by atoms with Gasteiger partial charge in [-0.2, -0.15) is 0 Å². The Kier molecular flexibility index (Phi) is 5.06. The van der Waals surface area contributed by atoms with Gasteiger partial charge in [0.15, 0.2) is 0 Å². The van der Waals surface area contributed by atoms with Gasteiger partial charge in [-0.15, -0.1) is 0 Å². The van der Waals surface area contributed by atoms with Crippen molar-refractivity contribution in [3.05, 3.63) is 95.4 Å². The van der Waals surface area contributed by atoms with Gasteiger partial charge in [-0.3, -0.25) is 9.78 Å². The number of hydrogen-bond donors (Lipinski definition) is 1.